The van der Waals surface area contributed by atoms with Crippen molar-refractivity contribution in [2.45, 2.75) is 12.8 Å². The Labute approximate surface area is 573 Å². The van der Waals surface area contributed by atoms with E-state index in [9.17, 15) is 0 Å². The zero-order chi connectivity index (χ0) is 62.2. The second-order valence-corrected chi connectivity index (χ2v) is 30.5. The van der Waals surface area contributed by atoms with Gasteiger partial charge in [-0.2, -0.15) is 0 Å². The molecule has 14 rings (SSSR count). The molecule has 92 heavy (non-hydrogen) atoms. The smallest absolute Gasteiger partial charge is 0.0548 e. The molecule has 0 unspecified atom stereocenters. The van der Waals surface area contributed by atoms with Crippen LogP contribution < -0.4 is 63.7 Å². The number of aromatic nitrogens is 1. The van der Waals surface area contributed by atoms with Crippen molar-refractivity contribution in [2.75, 3.05) is 0 Å². The predicted octanol–water partition coefficient (Wildman–Crippen LogP) is 17.4. The summed E-state index contributed by atoms with van der Waals surface area (Å²) in [6.07, 6.45) is 3.85. The molecule has 7 heteroatoms. The fraction of sp³-hybridized carbons (Fsp3) is 0.0235. The van der Waals surface area contributed by atoms with Crippen LogP contribution in [-0.2, 0) is 33.3 Å². The summed E-state index contributed by atoms with van der Waals surface area (Å²) >= 11 is 3.51. The third kappa shape index (κ3) is 21.0. The van der Waals surface area contributed by atoms with Gasteiger partial charge in [0.15, 0.2) is 0 Å². The van der Waals surface area contributed by atoms with Gasteiger partial charge in [0.05, 0.1) is 5.69 Å². The van der Waals surface area contributed by atoms with Gasteiger partial charge in [-0.1, -0.05) is 394 Å². The van der Waals surface area contributed by atoms with Crippen LogP contribution in [0.1, 0.15) is 11.3 Å². The number of nitrogens with zero attached hydrogens (tertiary/aromatic N) is 1. The van der Waals surface area contributed by atoms with Crippen LogP contribution in [0.25, 0.3) is 0 Å². The Morgan fingerprint density at radius 1 is 0.196 bits per heavy atom. The first-order valence-corrected chi connectivity index (χ1v) is 36.8. The van der Waals surface area contributed by atoms with Crippen molar-refractivity contribution < 1.29 is 20.4 Å². The maximum Gasteiger partial charge on any atom is 0.0548 e. The number of pyridine rings is 1. The largest absolute Gasteiger partial charge is 0.260 e. The molecule has 13 aromatic carbocycles. The van der Waals surface area contributed by atoms with Gasteiger partial charge in [0.1, 0.15) is 0 Å². The maximum absolute atomic E-state index is 4.35. The molecule has 0 amide bonds. The number of benzene rings is 13. The van der Waals surface area contributed by atoms with E-state index < -0.39 is 31.7 Å². The monoisotopic (exact) mass is 1420 g/mol. The van der Waals surface area contributed by atoms with Crippen LogP contribution in [-0.4, -0.2) is 4.98 Å². The summed E-state index contributed by atoms with van der Waals surface area (Å²) in [6.45, 7) is 0. The van der Waals surface area contributed by atoms with E-state index in [0.717, 1.165) is 23.0 Å². The SMILES string of the molecule is Brc1cccnc1CCc1ccccc1.[Pd].c1ccc(P(c2ccccc2)c2ccccc2)cc1.c1ccc(P(c2ccccc2)c2ccccc2)cc1.c1ccc(P(c2ccccc2)c2ccccc2)cc1.c1ccc(P(c2ccccc2)c2ccccc2)cc1. The summed E-state index contributed by atoms with van der Waals surface area (Å²) in [6, 6.07) is 144. The molecule has 0 N–H and O–H groups in total. The molecule has 0 aliphatic rings. The Balaban J connectivity index is 0.000000136. The van der Waals surface area contributed by atoms with Gasteiger partial charge in [0.2, 0.25) is 0 Å². The third-order valence-corrected chi connectivity index (χ3v) is 25.0. The van der Waals surface area contributed by atoms with Gasteiger partial charge >= 0.3 is 0 Å². The summed E-state index contributed by atoms with van der Waals surface area (Å²) in [7, 11) is -1.78. The molecule has 1 heterocycles. The van der Waals surface area contributed by atoms with Crippen LogP contribution >= 0.6 is 47.6 Å². The summed E-state index contributed by atoms with van der Waals surface area (Å²) in [5, 5.41) is 16.8. The average molecular weight is 1420 g/mol. The maximum atomic E-state index is 4.35. The minimum Gasteiger partial charge on any atom is -0.260 e. The number of rotatable bonds is 15. The zero-order valence-electron chi connectivity index (χ0n) is 51.1. The summed E-state index contributed by atoms with van der Waals surface area (Å²) < 4.78 is 1.10. The Morgan fingerprint density at radius 3 is 0.522 bits per heavy atom. The van der Waals surface area contributed by atoms with Gasteiger partial charge < -0.3 is 0 Å². The molecule has 14 aromatic rings. The minimum absolute atomic E-state index is 0. The molecule has 454 valence electrons. The molecule has 1 aromatic heterocycles. The van der Waals surface area contributed by atoms with Crippen LogP contribution in [0, 0.1) is 0 Å². The van der Waals surface area contributed by atoms with Crippen LogP contribution in [0.15, 0.2) is 417 Å². The fourth-order valence-electron chi connectivity index (χ4n) is 10.2. The van der Waals surface area contributed by atoms with E-state index in [0.29, 0.717) is 0 Å². The standard InChI is InChI=1S/4C18H15P.C13H12BrN.Pd/c4*1-4-10-16(11-5-1)19(17-12-6-2-7-13-17)18-14-8-3-9-15-18;14-12-7-4-10-15-13(12)9-8-11-5-2-1-3-6-11;/h4*1-15H;1-7,10H,8-9H2;. The topological polar surface area (TPSA) is 12.9 Å². The Morgan fingerprint density at radius 2 is 0.359 bits per heavy atom. The van der Waals surface area contributed by atoms with E-state index in [-0.39, 0.29) is 20.4 Å². The van der Waals surface area contributed by atoms with Crippen molar-refractivity contribution in [1.82, 2.24) is 4.98 Å². The first-order chi connectivity index (χ1) is 45.2. The molecule has 0 atom stereocenters. The summed E-state index contributed by atoms with van der Waals surface area (Å²) in [5.41, 5.74) is 2.48. The summed E-state index contributed by atoms with van der Waals surface area (Å²) in [5.74, 6) is 0. The summed E-state index contributed by atoms with van der Waals surface area (Å²) in [4.78, 5) is 4.35. The minimum atomic E-state index is -0.446. The van der Waals surface area contributed by atoms with Crippen LogP contribution in [0.4, 0.5) is 0 Å². The number of halogens is 1. The number of hydrogen-bond acceptors (Lipinski definition) is 1. The van der Waals surface area contributed by atoms with E-state index >= 15 is 0 Å². The molecule has 0 radical (unpaired) electrons. The zero-order valence-corrected chi connectivity index (χ0v) is 57.8. The molecule has 0 saturated heterocycles. The van der Waals surface area contributed by atoms with Crippen molar-refractivity contribution in [1.29, 1.82) is 0 Å². The van der Waals surface area contributed by atoms with Crippen LogP contribution in [0.5, 0.6) is 0 Å². The molecule has 0 saturated carbocycles. The van der Waals surface area contributed by atoms with E-state index in [4.69, 9.17) is 0 Å². The molecular weight excluding hydrogens is 1350 g/mol. The molecule has 0 spiro atoms. The molecular formula is C85H72BrNP4Pd. The first-order valence-electron chi connectivity index (χ1n) is 30.6. The Kier molecular flexibility index (Phi) is 28.7. The van der Waals surface area contributed by atoms with Gasteiger partial charge in [0, 0.05) is 31.1 Å². The van der Waals surface area contributed by atoms with Crippen molar-refractivity contribution in [2.24, 2.45) is 0 Å². The molecule has 1 nitrogen and oxygen atoms in total. The van der Waals surface area contributed by atoms with Gasteiger partial charge in [-0.25, -0.2) is 0 Å². The molecule has 0 bridgehead atoms. The van der Waals surface area contributed by atoms with Crippen LogP contribution in [0.2, 0.25) is 0 Å². The third-order valence-electron chi connectivity index (χ3n) is 14.5. The molecule has 0 fully saturated rings. The molecule has 0 aliphatic carbocycles. The van der Waals surface area contributed by atoms with Crippen molar-refractivity contribution in [3.63, 3.8) is 0 Å². The Bertz CT molecular complexity index is 3350. The van der Waals surface area contributed by atoms with Crippen molar-refractivity contribution in [3.05, 3.63) is 428 Å². The van der Waals surface area contributed by atoms with E-state index in [1.54, 1.807) is 0 Å². The van der Waals surface area contributed by atoms with E-state index in [2.05, 4.69) is 409 Å². The quantitative estimate of drug-likeness (QED) is 0.0736. The normalized spacial score (nSPS) is 10.4. The second kappa shape index (κ2) is 38.7. The number of aryl methyl sites for hydroxylation is 2. The predicted molar refractivity (Wildman–Crippen MR) is 406 cm³/mol. The number of hydrogen-bond donors (Lipinski definition) is 0. The first kappa shape index (κ1) is 68.2. The van der Waals surface area contributed by atoms with Crippen LogP contribution in [0.3, 0.4) is 0 Å². The van der Waals surface area contributed by atoms with Gasteiger partial charge in [-0.05, 0) is 142 Å². The molecule has 0 aliphatic heterocycles. The van der Waals surface area contributed by atoms with Gasteiger partial charge in [0.25, 0.3) is 0 Å². The van der Waals surface area contributed by atoms with E-state index in [1.165, 1.54) is 69.2 Å². The Hall–Kier alpha value is -8.13. The average Bonchev–Trinajstić information content (AvgIpc) is 1.64. The van der Waals surface area contributed by atoms with Crippen molar-refractivity contribution >= 4 is 111 Å². The van der Waals surface area contributed by atoms with E-state index in [1.807, 2.05) is 24.4 Å². The van der Waals surface area contributed by atoms with Crippen molar-refractivity contribution in [3.8, 4) is 0 Å². The van der Waals surface area contributed by atoms with Gasteiger partial charge in [-0.3, -0.25) is 4.98 Å². The second-order valence-electron chi connectivity index (χ2n) is 20.8. The fourth-order valence-corrected chi connectivity index (χ4v) is 19.9. The van der Waals surface area contributed by atoms with Gasteiger partial charge in [-0.15, -0.1) is 0 Å².